The summed E-state index contributed by atoms with van der Waals surface area (Å²) in [7, 11) is 0. The van der Waals surface area contributed by atoms with Crippen LogP contribution >= 0.6 is 0 Å². The quantitative estimate of drug-likeness (QED) is 0.795. The summed E-state index contributed by atoms with van der Waals surface area (Å²) in [6, 6.07) is 3.67. The highest BCUT2D eigenvalue weighted by Crippen LogP contribution is 2.09. The third-order valence-electron chi connectivity index (χ3n) is 2.41. The molecule has 2 rings (SSSR count). The van der Waals surface area contributed by atoms with Crippen molar-refractivity contribution in [1.29, 1.82) is 0 Å². The summed E-state index contributed by atoms with van der Waals surface area (Å²) in [5.74, 6) is 0.727. The zero-order valence-corrected chi connectivity index (χ0v) is 9.32. The Morgan fingerprint density at radius 3 is 2.81 bits per heavy atom. The van der Waals surface area contributed by atoms with Gasteiger partial charge in [0.1, 0.15) is 5.82 Å². The van der Waals surface area contributed by atoms with E-state index < -0.39 is 0 Å². The van der Waals surface area contributed by atoms with Gasteiger partial charge in [-0.2, -0.15) is 0 Å². The summed E-state index contributed by atoms with van der Waals surface area (Å²) in [6.07, 6.45) is 3.64. The molecule has 4 nitrogen and oxygen atoms in total. The highest BCUT2D eigenvalue weighted by Gasteiger charge is 2.11. The number of nitrogens with zero attached hydrogens (tertiary/aromatic N) is 2. The Morgan fingerprint density at radius 1 is 1.38 bits per heavy atom. The third kappa shape index (κ3) is 2.16. The lowest BCUT2D eigenvalue weighted by Crippen LogP contribution is -2.08. The standard InChI is InChI=1S/C12H13N3O/c1-8-3-4-10(9(2)15-8)11(16)7-12-13-5-6-14-12/h3-6H,7H2,1-2H3,(H,13,14). The minimum atomic E-state index is 0.0416. The van der Waals surface area contributed by atoms with E-state index >= 15 is 0 Å². The molecule has 0 atom stereocenters. The number of ketones is 1. The fourth-order valence-electron chi connectivity index (χ4n) is 1.62. The van der Waals surface area contributed by atoms with Crippen molar-refractivity contribution in [2.75, 3.05) is 0 Å². The Labute approximate surface area is 93.8 Å². The van der Waals surface area contributed by atoms with Gasteiger partial charge in [0, 0.05) is 29.3 Å². The summed E-state index contributed by atoms with van der Waals surface area (Å²) in [4.78, 5) is 23.2. The number of Topliss-reactive ketones (excluding diaryl/α,β-unsaturated/α-hetero) is 1. The number of rotatable bonds is 3. The molecule has 1 N–H and O–H groups in total. The molecule has 0 fully saturated rings. The van der Waals surface area contributed by atoms with Gasteiger partial charge in [0.05, 0.1) is 6.42 Å². The van der Waals surface area contributed by atoms with Crippen molar-refractivity contribution < 1.29 is 4.79 Å². The van der Waals surface area contributed by atoms with Crippen LogP contribution in [0.25, 0.3) is 0 Å². The number of carbonyl (C=O) groups is 1. The number of nitrogens with one attached hydrogen (secondary N) is 1. The minimum Gasteiger partial charge on any atom is -0.348 e. The van der Waals surface area contributed by atoms with E-state index in [1.807, 2.05) is 26.0 Å². The zero-order valence-electron chi connectivity index (χ0n) is 9.32. The number of aryl methyl sites for hydroxylation is 2. The predicted molar refractivity (Wildman–Crippen MR) is 60.3 cm³/mol. The number of hydrogen-bond donors (Lipinski definition) is 1. The smallest absolute Gasteiger partial charge is 0.172 e. The fraction of sp³-hybridized carbons (Fsp3) is 0.250. The fourth-order valence-corrected chi connectivity index (χ4v) is 1.62. The maximum atomic E-state index is 11.9. The van der Waals surface area contributed by atoms with Crippen LogP contribution in [0.5, 0.6) is 0 Å². The molecule has 0 saturated carbocycles. The number of aromatic amines is 1. The van der Waals surface area contributed by atoms with Crippen LogP contribution in [0.15, 0.2) is 24.5 Å². The first kappa shape index (κ1) is 10.5. The molecule has 0 spiro atoms. The van der Waals surface area contributed by atoms with E-state index in [-0.39, 0.29) is 5.78 Å². The minimum absolute atomic E-state index is 0.0416. The second-order valence-corrected chi connectivity index (χ2v) is 3.72. The van der Waals surface area contributed by atoms with Gasteiger partial charge >= 0.3 is 0 Å². The summed E-state index contributed by atoms with van der Waals surface area (Å²) < 4.78 is 0. The molecule has 0 aromatic carbocycles. The molecule has 0 aliphatic carbocycles. The molecule has 82 valence electrons. The molecular formula is C12H13N3O. The molecule has 0 aliphatic rings. The lowest BCUT2D eigenvalue weighted by atomic mass is 10.1. The Balaban J connectivity index is 2.21. The molecule has 0 aliphatic heterocycles. The van der Waals surface area contributed by atoms with Gasteiger partial charge in [0.25, 0.3) is 0 Å². The molecule has 0 amide bonds. The van der Waals surface area contributed by atoms with E-state index in [2.05, 4.69) is 15.0 Å². The van der Waals surface area contributed by atoms with Crippen LogP contribution in [0.2, 0.25) is 0 Å². The maximum absolute atomic E-state index is 11.9. The number of pyridine rings is 1. The van der Waals surface area contributed by atoms with Gasteiger partial charge in [-0.25, -0.2) is 4.98 Å². The number of aromatic nitrogens is 3. The van der Waals surface area contributed by atoms with Crippen molar-refractivity contribution >= 4 is 5.78 Å². The Bertz CT molecular complexity index is 503. The molecular weight excluding hydrogens is 202 g/mol. The highest BCUT2D eigenvalue weighted by molar-refractivity contribution is 5.98. The summed E-state index contributed by atoms with van der Waals surface area (Å²) in [6.45, 7) is 3.76. The Morgan fingerprint density at radius 2 is 2.19 bits per heavy atom. The first-order chi connectivity index (χ1) is 7.66. The third-order valence-corrected chi connectivity index (χ3v) is 2.41. The lowest BCUT2D eigenvalue weighted by Gasteiger charge is -2.03. The molecule has 2 aromatic rings. The topological polar surface area (TPSA) is 58.6 Å². The predicted octanol–water partition coefficient (Wildman–Crippen LogP) is 1.85. The van der Waals surface area contributed by atoms with Crippen molar-refractivity contribution in [3.63, 3.8) is 0 Å². The second-order valence-electron chi connectivity index (χ2n) is 3.72. The van der Waals surface area contributed by atoms with Gasteiger partial charge in [-0.3, -0.25) is 9.78 Å². The van der Waals surface area contributed by atoms with E-state index in [1.165, 1.54) is 0 Å². The van der Waals surface area contributed by atoms with Crippen LogP contribution in [0, 0.1) is 13.8 Å². The van der Waals surface area contributed by atoms with Gasteiger partial charge in [-0.05, 0) is 26.0 Å². The number of hydrogen-bond acceptors (Lipinski definition) is 3. The first-order valence-electron chi connectivity index (χ1n) is 5.12. The van der Waals surface area contributed by atoms with Crippen LogP contribution < -0.4 is 0 Å². The van der Waals surface area contributed by atoms with Crippen LogP contribution in [0.4, 0.5) is 0 Å². The van der Waals surface area contributed by atoms with Gasteiger partial charge < -0.3 is 4.98 Å². The second kappa shape index (κ2) is 4.26. The van der Waals surface area contributed by atoms with E-state index in [9.17, 15) is 4.79 Å². The van der Waals surface area contributed by atoms with Crippen LogP contribution in [-0.2, 0) is 6.42 Å². The largest absolute Gasteiger partial charge is 0.348 e. The molecule has 0 saturated heterocycles. The molecule has 0 unspecified atom stereocenters. The van der Waals surface area contributed by atoms with Gasteiger partial charge in [-0.1, -0.05) is 0 Å². The highest BCUT2D eigenvalue weighted by atomic mass is 16.1. The summed E-state index contributed by atoms with van der Waals surface area (Å²) in [5.41, 5.74) is 2.37. The average molecular weight is 215 g/mol. The zero-order chi connectivity index (χ0) is 11.5. The van der Waals surface area contributed by atoms with Crippen molar-refractivity contribution in [3.8, 4) is 0 Å². The molecule has 0 radical (unpaired) electrons. The normalized spacial score (nSPS) is 10.4. The molecule has 4 heteroatoms. The number of carbonyl (C=O) groups excluding carboxylic acids is 1. The SMILES string of the molecule is Cc1ccc(C(=O)Cc2ncc[nH]2)c(C)n1. The van der Waals surface area contributed by atoms with E-state index in [1.54, 1.807) is 12.4 Å². The Kier molecular flexibility index (Phi) is 2.81. The monoisotopic (exact) mass is 215 g/mol. The molecule has 16 heavy (non-hydrogen) atoms. The van der Waals surface area contributed by atoms with Gasteiger partial charge in [0.2, 0.25) is 0 Å². The molecule has 2 heterocycles. The van der Waals surface area contributed by atoms with Crippen molar-refractivity contribution in [2.24, 2.45) is 0 Å². The molecule has 0 bridgehead atoms. The lowest BCUT2D eigenvalue weighted by molar-refractivity contribution is 0.0990. The first-order valence-corrected chi connectivity index (χ1v) is 5.12. The Hall–Kier alpha value is -1.97. The van der Waals surface area contributed by atoms with Crippen molar-refractivity contribution in [3.05, 3.63) is 47.3 Å². The summed E-state index contributed by atoms with van der Waals surface area (Å²) in [5, 5.41) is 0. The van der Waals surface area contributed by atoms with Crippen molar-refractivity contribution in [1.82, 2.24) is 15.0 Å². The van der Waals surface area contributed by atoms with E-state index in [0.29, 0.717) is 17.8 Å². The number of H-pyrrole nitrogens is 1. The number of imidazole rings is 1. The van der Waals surface area contributed by atoms with Crippen molar-refractivity contribution in [2.45, 2.75) is 20.3 Å². The van der Waals surface area contributed by atoms with Gasteiger partial charge in [0.15, 0.2) is 5.78 Å². The van der Waals surface area contributed by atoms with Crippen LogP contribution in [-0.4, -0.2) is 20.7 Å². The van der Waals surface area contributed by atoms with Gasteiger partial charge in [-0.15, -0.1) is 0 Å². The average Bonchev–Trinajstić information content (AvgIpc) is 2.70. The van der Waals surface area contributed by atoms with E-state index in [4.69, 9.17) is 0 Å². The van der Waals surface area contributed by atoms with Crippen LogP contribution in [0.1, 0.15) is 27.6 Å². The molecule has 2 aromatic heterocycles. The van der Waals surface area contributed by atoms with Crippen LogP contribution in [0.3, 0.4) is 0 Å². The van der Waals surface area contributed by atoms with E-state index in [0.717, 1.165) is 11.4 Å². The summed E-state index contributed by atoms with van der Waals surface area (Å²) >= 11 is 0. The maximum Gasteiger partial charge on any atom is 0.172 e.